The summed E-state index contributed by atoms with van der Waals surface area (Å²) in [7, 11) is 0. The van der Waals surface area contributed by atoms with E-state index in [0.717, 1.165) is 28.2 Å². The maximum absolute atomic E-state index is 13.0. The molecule has 0 aliphatic carbocycles. The number of benzene rings is 3. The average molecular weight is 353 g/mol. The van der Waals surface area contributed by atoms with Gasteiger partial charge < -0.3 is 5.32 Å². The zero-order valence-electron chi connectivity index (χ0n) is 15.0. The first kappa shape index (κ1) is 16.8. The van der Waals surface area contributed by atoms with E-state index in [9.17, 15) is 4.79 Å². The van der Waals surface area contributed by atoms with Crippen molar-refractivity contribution in [2.24, 2.45) is 0 Å². The lowest BCUT2D eigenvalue weighted by molar-refractivity contribution is 0.101. The predicted octanol–water partition coefficient (Wildman–Crippen LogP) is 5.10. The molecule has 0 aliphatic heterocycles. The third kappa shape index (κ3) is 3.65. The SMILES string of the molecule is Cc1cccc(NC(=O)c2cc(-c3ccccc3)nn2-c2ccccc2)c1. The van der Waals surface area contributed by atoms with Gasteiger partial charge in [-0.15, -0.1) is 0 Å². The predicted molar refractivity (Wildman–Crippen MR) is 108 cm³/mol. The van der Waals surface area contributed by atoms with E-state index >= 15 is 0 Å². The number of carbonyl (C=O) groups excluding carboxylic acids is 1. The Balaban J connectivity index is 1.76. The number of hydrogen-bond acceptors (Lipinski definition) is 2. The van der Waals surface area contributed by atoms with Crippen LogP contribution in [0.5, 0.6) is 0 Å². The maximum Gasteiger partial charge on any atom is 0.274 e. The minimum absolute atomic E-state index is 0.195. The van der Waals surface area contributed by atoms with Crippen molar-refractivity contribution in [2.45, 2.75) is 6.92 Å². The molecular weight excluding hydrogens is 334 g/mol. The summed E-state index contributed by atoms with van der Waals surface area (Å²) < 4.78 is 1.69. The number of aryl methyl sites for hydroxylation is 1. The molecule has 4 nitrogen and oxygen atoms in total. The van der Waals surface area contributed by atoms with E-state index < -0.39 is 0 Å². The lowest BCUT2D eigenvalue weighted by atomic mass is 10.1. The monoisotopic (exact) mass is 353 g/mol. The zero-order chi connectivity index (χ0) is 18.6. The molecule has 4 rings (SSSR count). The number of rotatable bonds is 4. The number of hydrogen-bond donors (Lipinski definition) is 1. The van der Waals surface area contributed by atoms with Gasteiger partial charge in [-0.2, -0.15) is 5.10 Å². The van der Waals surface area contributed by atoms with Gasteiger partial charge >= 0.3 is 0 Å². The van der Waals surface area contributed by atoms with Crippen LogP contribution in [0.15, 0.2) is 91.0 Å². The first-order valence-corrected chi connectivity index (χ1v) is 8.80. The standard InChI is InChI=1S/C23H19N3O/c1-17-9-8-12-19(15-17)24-23(27)22-16-21(18-10-4-2-5-11-18)25-26(22)20-13-6-3-7-14-20/h2-16H,1H3,(H,24,27). The molecule has 4 aromatic rings. The van der Waals surface area contributed by atoms with Crippen LogP contribution in [-0.2, 0) is 0 Å². The number of nitrogens with zero attached hydrogens (tertiary/aromatic N) is 2. The summed E-state index contributed by atoms with van der Waals surface area (Å²) in [5.41, 5.74) is 4.91. The summed E-state index contributed by atoms with van der Waals surface area (Å²) in [6.45, 7) is 2.00. The first-order chi connectivity index (χ1) is 13.2. The molecule has 0 fully saturated rings. The topological polar surface area (TPSA) is 46.9 Å². The van der Waals surface area contributed by atoms with Gasteiger partial charge in [-0.05, 0) is 42.8 Å². The minimum Gasteiger partial charge on any atom is -0.321 e. The third-order valence-electron chi connectivity index (χ3n) is 4.29. The summed E-state index contributed by atoms with van der Waals surface area (Å²) in [4.78, 5) is 13.0. The smallest absolute Gasteiger partial charge is 0.274 e. The molecule has 0 bridgehead atoms. The van der Waals surface area contributed by atoms with E-state index in [0.29, 0.717) is 5.69 Å². The molecule has 1 aromatic heterocycles. The number of para-hydroxylation sites is 1. The van der Waals surface area contributed by atoms with Crippen LogP contribution in [0.2, 0.25) is 0 Å². The molecular formula is C23H19N3O. The molecule has 4 heteroatoms. The second-order valence-electron chi connectivity index (χ2n) is 6.35. The van der Waals surface area contributed by atoms with Gasteiger partial charge in [0.05, 0.1) is 11.4 Å². The van der Waals surface area contributed by atoms with Gasteiger partial charge in [-0.1, -0.05) is 60.7 Å². The molecule has 1 N–H and O–H groups in total. The highest BCUT2D eigenvalue weighted by Gasteiger charge is 2.17. The highest BCUT2D eigenvalue weighted by molar-refractivity contribution is 6.04. The Labute approximate surface area is 158 Å². The normalized spacial score (nSPS) is 10.6. The van der Waals surface area contributed by atoms with E-state index in [1.807, 2.05) is 97.9 Å². The molecule has 0 saturated carbocycles. The molecule has 0 unspecified atom stereocenters. The molecule has 1 heterocycles. The van der Waals surface area contributed by atoms with Crippen molar-refractivity contribution in [3.8, 4) is 16.9 Å². The van der Waals surface area contributed by atoms with Crippen molar-refractivity contribution >= 4 is 11.6 Å². The van der Waals surface area contributed by atoms with Gasteiger partial charge in [0.15, 0.2) is 0 Å². The lowest BCUT2D eigenvalue weighted by Crippen LogP contribution is -2.17. The quantitative estimate of drug-likeness (QED) is 0.555. The van der Waals surface area contributed by atoms with Gasteiger partial charge in [0.2, 0.25) is 0 Å². The number of nitrogens with one attached hydrogen (secondary N) is 1. The summed E-state index contributed by atoms with van der Waals surface area (Å²) in [5.74, 6) is -0.195. The van der Waals surface area contributed by atoms with Crippen LogP contribution in [0.4, 0.5) is 5.69 Å². The highest BCUT2D eigenvalue weighted by Crippen LogP contribution is 2.22. The highest BCUT2D eigenvalue weighted by atomic mass is 16.2. The van der Waals surface area contributed by atoms with Crippen molar-refractivity contribution in [3.05, 3.63) is 102 Å². The molecule has 27 heavy (non-hydrogen) atoms. The number of anilines is 1. The van der Waals surface area contributed by atoms with Crippen molar-refractivity contribution in [1.82, 2.24) is 9.78 Å². The number of carbonyl (C=O) groups is 1. The fourth-order valence-electron chi connectivity index (χ4n) is 2.98. The number of amides is 1. The van der Waals surface area contributed by atoms with Crippen molar-refractivity contribution < 1.29 is 4.79 Å². The van der Waals surface area contributed by atoms with Crippen molar-refractivity contribution in [2.75, 3.05) is 5.32 Å². The Morgan fingerprint density at radius 2 is 1.56 bits per heavy atom. The zero-order valence-corrected chi connectivity index (χ0v) is 15.0. The Morgan fingerprint density at radius 1 is 0.852 bits per heavy atom. The van der Waals surface area contributed by atoms with E-state index in [1.54, 1.807) is 4.68 Å². The molecule has 0 aliphatic rings. The van der Waals surface area contributed by atoms with Crippen molar-refractivity contribution in [3.63, 3.8) is 0 Å². The number of aromatic nitrogens is 2. The Hall–Kier alpha value is -3.66. The van der Waals surface area contributed by atoms with Crippen LogP contribution in [-0.4, -0.2) is 15.7 Å². The molecule has 0 radical (unpaired) electrons. The van der Waals surface area contributed by atoms with Crippen LogP contribution in [0.3, 0.4) is 0 Å². The summed E-state index contributed by atoms with van der Waals surface area (Å²) in [6.07, 6.45) is 0. The second kappa shape index (κ2) is 7.30. The van der Waals surface area contributed by atoms with E-state index in [1.165, 1.54) is 0 Å². The molecule has 132 valence electrons. The van der Waals surface area contributed by atoms with Gasteiger partial charge in [0.25, 0.3) is 5.91 Å². The molecule has 0 spiro atoms. The van der Waals surface area contributed by atoms with Crippen LogP contribution < -0.4 is 5.32 Å². The Kier molecular flexibility index (Phi) is 4.54. The second-order valence-corrected chi connectivity index (χ2v) is 6.35. The molecule has 3 aromatic carbocycles. The van der Waals surface area contributed by atoms with Crippen LogP contribution in [0.25, 0.3) is 16.9 Å². The Morgan fingerprint density at radius 3 is 2.26 bits per heavy atom. The maximum atomic E-state index is 13.0. The lowest BCUT2D eigenvalue weighted by Gasteiger charge is -2.08. The van der Waals surface area contributed by atoms with Crippen LogP contribution >= 0.6 is 0 Å². The fourth-order valence-corrected chi connectivity index (χ4v) is 2.98. The largest absolute Gasteiger partial charge is 0.321 e. The fraction of sp³-hybridized carbons (Fsp3) is 0.0435. The van der Waals surface area contributed by atoms with E-state index in [-0.39, 0.29) is 5.91 Å². The van der Waals surface area contributed by atoms with E-state index in [4.69, 9.17) is 0 Å². The van der Waals surface area contributed by atoms with Gasteiger partial charge in [-0.3, -0.25) is 4.79 Å². The van der Waals surface area contributed by atoms with Gasteiger partial charge in [-0.25, -0.2) is 4.68 Å². The minimum atomic E-state index is -0.195. The van der Waals surface area contributed by atoms with Crippen LogP contribution in [0, 0.1) is 6.92 Å². The summed E-state index contributed by atoms with van der Waals surface area (Å²) >= 11 is 0. The average Bonchev–Trinajstić information content (AvgIpc) is 3.15. The van der Waals surface area contributed by atoms with Gasteiger partial charge in [0, 0.05) is 11.3 Å². The molecule has 0 atom stereocenters. The first-order valence-electron chi connectivity index (χ1n) is 8.80. The summed E-state index contributed by atoms with van der Waals surface area (Å²) in [6, 6.07) is 29.1. The summed E-state index contributed by atoms with van der Waals surface area (Å²) in [5, 5.41) is 7.66. The molecule has 1 amide bonds. The van der Waals surface area contributed by atoms with Crippen molar-refractivity contribution in [1.29, 1.82) is 0 Å². The van der Waals surface area contributed by atoms with E-state index in [2.05, 4.69) is 10.4 Å². The van der Waals surface area contributed by atoms with Gasteiger partial charge in [0.1, 0.15) is 5.69 Å². The van der Waals surface area contributed by atoms with Crippen LogP contribution in [0.1, 0.15) is 16.1 Å². The Bertz CT molecular complexity index is 1070. The third-order valence-corrected chi connectivity index (χ3v) is 4.29. The molecule has 0 saturated heterocycles.